The molecule has 30 heavy (non-hydrogen) atoms. The lowest BCUT2D eigenvalue weighted by Crippen LogP contribution is -2.49. The Bertz CT molecular complexity index is 863. The molecule has 2 aliphatic rings. The molecule has 2 heterocycles. The van der Waals surface area contributed by atoms with Crippen LogP contribution in [-0.4, -0.2) is 50.5 Å². The first kappa shape index (κ1) is 20.2. The van der Waals surface area contributed by atoms with Gasteiger partial charge >= 0.3 is 6.03 Å². The minimum Gasteiger partial charge on any atom is -0.497 e. The van der Waals surface area contributed by atoms with E-state index < -0.39 is 0 Å². The molecule has 2 aliphatic heterocycles. The van der Waals surface area contributed by atoms with Crippen LogP contribution in [-0.2, 0) is 6.54 Å². The van der Waals surface area contributed by atoms with Crippen LogP contribution in [0.4, 0.5) is 10.5 Å². The molecule has 1 fully saturated rings. The van der Waals surface area contributed by atoms with Crippen molar-refractivity contribution < 1.29 is 19.0 Å². The van der Waals surface area contributed by atoms with E-state index in [1.807, 2.05) is 42.2 Å². The number of piperidine rings is 1. The van der Waals surface area contributed by atoms with Gasteiger partial charge in [0.25, 0.3) is 0 Å². The fourth-order valence-electron chi connectivity index (χ4n) is 3.93. The summed E-state index contributed by atoms with van der Waals surface area (Å²) < 4.78 is 16.0. The van der Waals surface area contributed by atoms with Crippen LogP contribution >= 0.6 is 0 Å². The van der Waals surface area contributed by atoms with Crippen molar-refractivity contribution in [1.82, 2.24) is 10.2 Å². The molecule has 0 aliphatic carbocycles. The number of fused-ring (bicyclic) bond motifs is 1. The number of nitrogens with one attached hydrogen (secondary N) is 1. The summed E-state index contributed by atoms with van der Waals surface area (Å²) in [5.74, 6) is 2.37. The largest absolute Gasteiger partial charge is 0.497 e. The number of amides is 2. The molecule has 0 spiro atoms. The topological polar surface area (TPSA) is 63.3 Å². The Morgan fingerprint density at radius 2 is 1.87 bits per heavy atom. The van der Waals surface area contributed by atoms with Gasteiger partial charge in [-0.3, -0.25) is 0 Å². The van der Waals surface area contributed by atoms with Crippen LogP contribution in [0.3, 0.4) is 0 Å². The molecule has 0 bridgehead atoms. The maximum absolute atomic E-state index is 12.8. The van der Waals surface area contributed by atoms with Gasteiger partial charge in [0.15, 0.2) is 11.5 Å². The van der Waals surface area contributed by atoms with Crippen molar-refractivity contribution in [2.24, 2.45) is 0 Å². The Balaban J connectivity index is 1.28. The molecule has 4 rings (SSSR count). The van der Waals surface area contributed by atoms with Crippen molar-refractivity contribution in [2.45, 2.75) is 32.4 Å². The molecular weight excluding hydrogens is 382 g/mol. The zero-order valence-corrected chi connectivity index (χ0v) is 17.6. The van der Waals surface area contributed by atoms with Crippen LogP contribution in [0.2, 0.25) is 0 Å². The van der Waals surface area contributed by atoms with Gasteiger partial charge in [-0.15, -0.1) is 0 Å². The minimum atomic E-state index is -0.0157. The first-order valence-electron chi connectivity index (χ1n) is 10.5. The summed E-state index contributed by atoms with van der Waals surface area (Å²) in [7, 11) is 1.68. The molecular formula is C23H29N3O4. The van der Waals surface area contributed by atoms with Crippen molar-refractivity contribution in [3.63, 3.8) is 0 Å². The molecule has 1 saturated heterocycles. The molecule has 2 aromatic carbocycles. The maximum atomic E-state index is 12.8. The molecule has 7 nitrogen and oxygen atoms in total. The second kappa shape index (κ2) is 9.15. The lowest BCUT2D eigenvalue weighted by molar-refractivity contribution is 0.173. The van der Waals surface area contributed by atoms with Gasteiger partial charge in [-0.1, -0.05) is 6.07 Å². The Morgan fingerprint density at radius 1 is 1.13 bits per heavy atom. The Hall–Kier alpha value is -3.09. The smallest absolute Gasteiger partial charge is 0.317 e. The number of benzene rings is 2. The highest BCUT2D eigenvalue weighted by atomic mass is 16.7. The zero-order chi connectivity index (χ0) is 20.9. The van der Waals surface area contributed by atoms with Gasteiger partial charge < -0.3 is 29.3 Å². The third-order valence-electron chi connectivity index (χ3n) is 5.74. The molecule has 0 saturated carbocycles. The van der Waals surface area contributed by atoms with E-state index in [9.17, 15) is 4.79 Å². The fourth-order valence-corrected chi connectivity index (χ4v) is 3.93. The fraction of sp³-hybridized carbons (Fsp3) is 0.435. The van der Waals surface area contributed by atoms with Gasteiger partial charge in [-0.25, -0.2) is 4.79 Å². The van der Waals surface area contributed by atoms with Gasteiger partial charge in [0.1, 0.15) is 5.75 Å². The number of urea groups is 1. The maximum Gasteiger partial charge on any atom is 0.317 e. The first-order valence-corrected chi connectivity index (χ1v) is 10.5. The number of anilines is 1. The predicted octanol–water partition coefficient (Wildman–Crippen LogP) is 3.62. The van der Waals surface area contributed by atoms with E-state index in [-0.39, 0.29) is 18.9 Å². The number of ether oxygens (including phenoxy) is 3. The molecule has 2 aromatic rings. The van der Waals surface area contributed by atoms with E-state index in [0.717, 1.165) is 48.7 Å². The second-order valence-electron chi connectivity index (χ2n) is 7.61. The van der Waals surface area contributed by atoms with E-state index in [1.165, 1.54) is 5.69 Å². The molecule has 1 N–H and O–H groups in total. The molecule has 0 atom stereocenters. The third-order valence-corrected chi connectivity index (χ3v) is 5.74. The van der Waals surface area contributed by atoms with Crippen molar-refractivity contribution in [3.8, 4) is 17.2 Å². The van der Waals surface area contributed by atoms with E-state index in [0.29, 0.717) is 13.1 Å². The van der Waals surface area contributed by atoms with Gasteiger partial charge in [0.2, 0.25) is 6.79 Å². The van der Waals surface area contributed by atoms with Gasteiger partial charge in [0.05, 0.1) is 7.11 Å². The quantitative estimate of drug-likeness (QED) is 0.787. The summed E-state index contributed by atoms with van der Waals surface area (Å²) in [6.07, 6.45) is 1.86. The van der Waals surface area contributed by atoms with Crippen molar-refractivity contribution in [1.29, 1.82) is 0 Å². The molecule has 0 unspecified atom stereocenters. The normalized spacial score (nSPS) is 15.7. The Morgan fingerprint density at radius 3 is 2.57 bits per heavy atom. The monoisotopic (exact) mass is 411 g/mol. The zero-order valence-electron chi connectivity index (χ0n) is 17.6. The van der Waals surface area contributed by atoms with Crippen LogP contribution in [0.15, 0.2) is 42.5 Å². The van der Waals surface area contributed by atoms with Crippen LogP contribution in [0.5, 0.6) is 17.2 Å². The predicted molar refractivity (Wildman–Crippen MR) is 115 cm³/mol. The summed E-state index contributed by atoms with van der Waals surface area (Å²) in [4.78, 5) is 17.0. The number of methoxy groups -OCH3 is 1. The second-order valence-corrected chi connectivity index (χ2v) is 7.61. The van der Waals surface area contributed by atoms with Crippen LogP contribution in [0, 0.1) is 0 Å². The van der Waals surface area contributed by atoms with E-state index in [2.05, 4.69) is 22.3 Å². The molecule has 2 amide bonds. The summed E-state index contributed by atoms with van der Waals surface area (Å²) in [6.45, 7) is 5.29. The van der Waals surface area contributed by atoms with Gasteiger partial charge in [-0.05, 0) is 61.7 Å². The number of hydrogen-bond acceptors (Lipinski definition) is 5. The van der Waals surface area contributed by atoms with Crippen LogP contribution in [0.25, 0.3) is 0 Å². The average Bonchev–Trinajstić information content (AvgIpc) is 3.26. The number of carbonyl (C=O) groups excluding carboxylic acids is 1. The van der Waals surface area contributed by atoms with Crippen molar-refractivity contribution in [2.75, 3.05) is 38.4 Å². The average molecular weight is 412 g/mol. The van der Waals surface area contributed by atoms with Crippen LogP contribution in [0.1, 0.15) is 25.3 Å². The Kier molecular flexibility index (Phi) is 6.16. The molecule has 0 aromatic heterocycles. The van der Waals surface area contributed by atoms with Gasteiger partial charge in [-0.2, -0.15) is 0 Å². The third kappa shape index (κ3) is 4.56. The number of rotatable bonds is 6. The highest BCUT2D eigenvalue weighted by Gasteiger charge is 2.23. The molecule has 7 heteroatoms. The molecule has 160 valence electrons. The standard InChI is InChI=1S/C23H29N3O4/c1-3-25(15-17-4-9-21-22(14-17)30-16-29-21)23(27)24-18-10-12-26(13-11-18)19-5-7-20(28-2)8-6-19/h4-9,14,18H,3,10-13,15-16H2,1-2H3,(H,24,27). The number of hydrogen-bond donors (Lipinski definition) is 1. The van der Waals surface area contributed by atoms with E-state index >= 15 is 0 Å². The highest BCUT2D eigenvalue weighted by Crippen LogP contribution is 2.32. The highest BCUT2D eigenvalue weighted by molar-refractivity contribution is 5.74. The SMILES string of the molecule is CCN(Cc1ccc2c(c1)OCO2)C(=O)NC1CCN(c2ccc(OC)cc2)CC1. The lowest BCUT2D eigenvalue weighted by Gasteiger charge is -2.35. The molecule has 0 radical (unpaired) electrons. The summed E-state index contributed by atoms with van der Waals surface area (Å²) in [6, 6.07) is 14.2. The number of nitrogens with zero attached hydrogens (tertiary/aromatic N) is 2. The first-order chi connectivity index (χ1) is 14.7. The Labute approximate surface area is 177 Å². The summed E-state index contributed by atoms with van der Waals surface area (Å²) in [5.41, 5.74) is 2.23. The van der Waals surface area contributed by atoms with Crippen molar-refractivity contribution >= 4 is 11.7 Å². The number of carbonyl (C=O) groups is 1. The lowest BCUT2D eigenvalue weighted by atomic mass is 10.0. The van der Waals surface area contributed by atoms with E-state index in [4.69, 9.17) is 14.2 Å². The summed E-state index contributed by atoms with van der Waals surface area (Å²) >= 11 is 0. The summed E-state index contributed by atoms with van der Waals surface area (Å²) in [5, 5.41) is 3.22. The minimum absolute atomic E-state index is 0.0157. The van der Waals surface area contributed by atoms with E-state index in [1.54, 1.807) is 7.11 Å². The van der Waals surface area contributed by atoms with Crippen LogP contribution < -0.4 is 24.4 Å². The van der Waals surface area contributed by atoms with Crippen molar-refractivity contribution in [3.05, 3.63) is 48.0 Å². The van der Waals surface area contributed by atoms with Gasteiger partial charge in [0, 0.05) is 37.9 Å².